The van der Waals surface area contributed by atoms with Crippen LogP contribution in [0.4, 0.5) is 25.1 Å². The van der Waals surface area contributed by atoms with Crippen molar-refractivity contribution < 1.29 is 32.6 Å². The SMILES string of the molecule is C#Cc1c(F)ccc2cc(OC(=O)OC(C)C)cc(N3CCc4c(nc(OC[C@]5(C)C[C@@H](F)CN5C)nc4N4CCCCC(NC(=O)C=C)C4)C3)c12. The summed E-state index contributed by atoms with van der Waals surface area (Å²) in [6.07, 6.45) is 8.44. The van der Waals surface area contributed by atoms with E-state index in [1.807, 2.05) is 23.8 Å². The number of hydrogen-bond acceptors (Lipinski definition) is 10. The molecule has 3 aliphatic heterocycles. The molecular weight excluding hydrogens is 670 g/mol. The number of alkyl halides is 1. The van der Waals surface area contributed by atoms with Crippen molar-refractivity contribution >= 4 is 34.3 Å². The highest BCUT2D eigenvalue weighted by atomic mass is 19.1. The molecule has 1 N–H and O–H groups in total. The molecule has 0 aliphatic carbocycles. The van der Waals surface area contributed by atoms with E-state index in [4.69, 9.17) is 30.6 Å². The van der Waals surface area contributed by atoms with Crippen LogP contribution in [-0.4, -0.2) is 90.6 Å². The number of aromatic nitrogens is 2. The topological polar surface area (TPSA) is 109 Å². The second-order valence-electron chi connectivity index (χ2n) is 14.4. The molecule has 1 amide bonds. The van der Waals surface area contributed by atoms with Gasteiger partial charge in [0.25, 0.3) is 0 Å². The molecule has 3 aliphatic rings. The molecule has 4 heterocycles. The van der Waals surface area contributed by atoms with Crippen molar-refractivity contribution in [1.82, 2.24) is 20.2 Å². The number of carbonyl (C=O) groups is 2. The number of terminal acetylenes is 1. The Balaban J connectivity index is 1.40. The van der Waals surface area contributed by atoms with Crippen LogP contribution in [0, 0.1) is 18.2 Å². The summed E-state index contributed by atoms with van der Waals surface area (Å²) in [4.78, 5) is 40.8. The van der Waals surface area contributed by atoms with Crippen LogP contribution in [0.25, 0.3) is 10.8 Å². The number of hydrogen-bond donors (Lipinski definition) is 1. The summed E-state index contributed by atoms with van der Waals surface area (Å²) in [6, 6.07) is 6.25. The quantitative estimate of drug-likeness (QED) is 0.128. The Kier molecular flexibility index (Phi) is 10.9. The van der Waals surface area contributed by atoms with Gasteiger partial charge in [-0.15, -0.1) is 6.42 Å². The number of rotatable bonds is 9. The van der Waals surface area contributed by atoms with Gasteiger partial charge in [0.1, 0.15) is 30.2 Å². The van der Waals surface area contributed by atoms with Gasteiger partial charge in [0.05, 0.1) is 35.1 Å². The lowest BCUT2D eigenvalue weighted by molar-refractivity contribution is -0.117. The van der Waals surface area contributed by atoms with E-state index in [1.54, 1.807) is 32.0 Å². The van der Waals surface area contributed by atoms with Gasteiger partial charge in [-0.1, -0.05) is 18.6 Å². The highest BCUT2D eigenvalue weighted by Gasteiger charge is 2.41. The van der Waals surface area contributed by atoms with Crippen molar-refractivity contribution in [3.8, 4) is 24.1 Å². The number of halogens is 2. The summed E-state index contributed by atoms with van der Waals surface area (Å²) in [6.45, 7) is 11.6. The van der Waals surface area contributed by atoms with Crippen LogP contribution in [0.5, 0.6) is 11.8 Å². The van der Waals surface area contributed by atoms with Crippen molar-refractivity contribution in [1.29, 1.82) is 0 Å². The summed E-state index contributed by atoms with van der Waals surface area (Å²) in [5, 5.41) is 4.15. The zero-order valence-corrected chi connectivity index (χ0v) is 30.2. The van der Waals surface area contributed by atoms with Crippen LogP contribution in [-0.2, 0) is 22.5 Å². The van der Waals surface area contributed by atoms with E-state index >= 15 is 4.39 Å². The third-order valence-corrected chi connectivity index (χ3v) is 10.1. The Morgan fingerprint density at radius 1 is 1.19 bits per heavy atom. The average molecular weight is 717 g/mol. The van der Waals surface area contributed by atoms with E-state index in [0.29, 0.717) is 54.6 Å². The van der Waals surface area contributed by atoms with E-state index in [9.17, 15) is 14.0 Å². The van der Waals surface area contributed by atoms with Crippen LogP contribution in [0.3, 0.4) is 0 Å². The number of amides is 1. The monoisotopic (exact) mass is 716 g/mol. The van der Waals surface area contributed by atoms with Gasteiger partial charge in [-0.2, -0.15) is 9.97 Å². The first-order chi connectivity index (χ1) is 24.9. The number of fused-ring (bicyclic) bond motifs is 2. The fourth-order valence-electron chi connectivity index (χ4n) is 7.39. The van der Waals surface area contributed by atoms with Gasteiger partial charge >= 0.3 is 12.2 Å². The maximum Gasteiger partial charge on any atom is 0.514 e. The first-order valence-electron chi connectivity index (χ1n) is 17.8. The lowest BCUT2D eigenvalue weighted by Gasteiger charge is -2.35. The van der Waals surface area contributed by atoms with E-state index in [1.165, 1.54) is 12.1 Å². The number of carbonyl (C=O) groups excluding carboxylic acids is 2. The molecule has 3 aromatic rings. The van der Waals surface area contributed by atoms with Crippen LogP contribution in [0.1, 0.15) is 63.3 Å². The average Bonchev–Trinajstić information content (AvgIpc) is 3.22. The Hall–Kier alpha value is -4.96. The molecule has 2 aromatic carbocycles. The first kappa shape index (κ1) is 36.8. The fourth-order valence-corrected chi connectivity index (χ4v) is 7.39. The lowest BCUT2D eigenvalue weighted by Crippen LogP contribution is -2.44. The molecule has 0 spiro atoms. The summed E-state index contributed by atoms with van der Waals surface area (Å²) in [7, 11) is 1.88. The van der Waals surface area contributed by atoms with Gasteiger partial charge in [0, 0.05) is 55.7 Å². The molecule has 276 valence electrons. The Morgan fingerprint density at radius 2 is 2.00 bits per heavy atom. The molecule has 13 heteroatoms. The maximum absolute atomic E-state index is 15.2. The van der Waals surface area contributed by atoms with Crippen LogP contribution < -0.4 is 24.6 Å². The minimum atomic E-state index is -0.952. The number of likely N-dealkylation sites (tertiary alicyclic amines) is 1. The van der Waals surface area contributed by atoms with Gasteiger partial charge in [-0.25, -0.2) is 13.6 Å². The second kappa shape index (κ2) is 15.3. The molecule has 11 nitrogen and oxygen atoms in total. The summed E-state index contributed by atoms with van der Waals surface area (Å²) >= 11 is 0. The number of likely N-dealkylation sites (N-methyl/N-ethyl adjacent to an activating group) is 1. The molecule has 2 fully saturated rings. The third kappa shape index (κ3) is 7.92. The molecule has 0 bridgehead atoms. The molecule has 52 heavy (non-hydrogen) atoms. The Bertz CT molecular complexity index is 1900. The highest BCUT2D eigenvalue weighted by molar-refractivity contribution is 6.00. The van der Waals surface area contributed by atoms with Crippen molar-refractivity contribution in [3.05, 3.63) is 59.6 Å². The standard InChI is InChI=1S/C39H46F2N6O5/c1-7-29-31(41)13-12-25-17-28(52-38(49)51-24(3)4)18-33(35(25)29)46-16-14-30-32(22-46)43-37(50-23-39(5)19-26(40)20-45(39)6)44-36(30)47-15-10-9-11-27(21-47)42-34(48)8-2/h1,8,12-13,17-18,24,26-27H,2,9-11,14-16,19-23H2,3-6H3,(H,42,48)/t26-,27?,39+/m1/s1. The molecule has 0 radical (unpaired) electrons. The normalized spacial score (nSPS) is 22.0. The lowest BCUT2D eigenvalue weighted by atomic mass is 9.98. The minimum Gasteiger partial charge on any atom is -0.461 e. The van der Waals surface area contributed by atoms with Gasteiger partial charge < -0.3 is 29.3 Å². The Labute approximate surface area is 303 Å². The molecule has 1 unspecified atom stereocenters. The predicted octanol–water partition coefficient (Wildman–Crippen LogP) is 5.71. The van der Waals surface area contributed by atoms with Crippen molar-refractivity contribution in [2.75, 3.05) is 49.6 Å². The van der Waals surface area contributed by atoms with Crippen LogP contribution in [0.2, 0.25) is 0 Å². The van der Waals surface area contributed by atoms with Crippen LogP contribution >= 0.6 is 0 Å². The van der Waals surface area contributed by atoms with Crippen molar-refractivity contribution in [2.24, 2.45) is 0 Å². The number of nitrogens with one attached hydrogen (secondary N) is 1. The summed E-state index contributed by atoms with van der Waals surface area (Å²) < 4.78 is 46.7. The van der Waals surface area contributed by atoms with E-state index in [-0.39, 0.29) is 48.5 Å². The van der Waals surface area contributed by atoms with Gasteiger partial charge in [-0.3, -0.25) is 9.69 Å². The maximum atomic E-state index is 15.2. The molecule has 6 rings (SSSR count). The van der Waals surface area contributed by atoms with Gasteiger partial charge in [0.15, 0.2) is 0 Å². The molecular formula is C39H46F2N6O5. The van der Waals surface area contributed by atoms with Gasteiger partial charge in [-0.05, 0) is 77.1 Å². The number of benzene rings is 2. The first-order valence-corrected chi connectivity index (χ1v) is 17.8. The predicted molar refractivity (Wildman–Crippen MR) is 195 cm³/mol. The molecule has 2 saturated heterocycles. The number of anilines is 2. The molecule has 3 atom stereocenters. The summed E-state index contributed by atoms with van der Waals surface area (Å²) in [5.74, 6) is 2.69. The zero-order chi connectivity index (χ0) is 37.2. The minimum absolute atomic E-state index is 0.0966. The molecule has 1 aromatic heterocycles. The fraction of sp³-hybridized carbons (Fsp3) is 0.487. The molecule has 0 saturated carbocycles. The summed E-state index contributed by atoms with van der Waals surface area (Å²) in [5.41, 5.74) is 1.76. The third-order valence-electron chi connectivity index (χ3n) is 10.1. The van der Waals surface area contributed by atoms with Gasteiger partial charge in [0.2, 0.25) is 5.91 Å². The van der Waals surface area contributed by atoms with Crippen LogP contribution in [0.15, 0.2) is 36.9 Å². The van der Waals surface area contributed by atoms with Crippen molar-refractivity contribution in [3.63, 3.8) is 0 Å². The Morgan fingerprint density at radius 3 is 2.71 bits per heavy atom. The second-order valence-corrected chi connectivity index (χ2v) is 14.4. The van der Waals surface area contributed by atoms with Crippen molar-refractivity contribution in [2.45, 2.75) is 83.3 Å². The highest BCUT2D eigenvalue weighted by Crippen LogP contribution is 2.39. The largest absolute Gasteiger partial charge is 0.514 e. The zero-order valence-electron chi connectivity index (χ0n) is 30.2. The van der Waals surface area contributed by atoms with E-state index in [0.717, 1.165) is 37.2 Å². The number of ether oxygens (including phenoxy) is 3. The van der Waals surface area contributed by atoms with E-state index in [2.05, 4.69) is 22.7 Å². The number of nitrogens with zero attached hydrogens (tertiary/aromatic N) is 5. The van der Waals surface area contributed by atoms with E-state index < -0.39 is 23.7 Å². The smallest absolute Gasteiger partial charge is 0.461 e.